The first-order valence-electron chi connectivity index (χ1n) is 6.40. The fraction of sp³-hybridized carbons (Fsp3) is 0.500. The molecule has 1 unspecified atom stereocenters. The minimum absolute atomic E-state index is 0. The number of guanidine groups is 1. The van der Waals surface area contributed by atoms with Gasteiger partial charge in [-0.15, -0.1) is 35.7 Å². The summed E-state index contributed by atoms with van der Waals surface area (Å²) in [6, 6.07) is 10.6. The molecule has 1 aromatic carbocycles. The molecular formula is C14H24IN3OS. The van der Waals surface area contributed by atoms with Crippen LogP contribution in [0.1, 0.15) is 6.92 Å². The lowest BCUT2D eigenvalue weighted by atomic mass is 10.4. The zero-order valence-corrected chi connectivity index (χ0v) is 15.4. The van der Waals surface area contributed by atoms with Crippen LogP contribution in [-0.4, -0.2) is 45.1 Å². The lowest BCUT2D eigenvalue weighted by Crippen LogP contribution is -2.44. The molecule has 1 aromatic rings. The van der Waals surface area contributed by atoms with Crippen molar-refractivity contribution in [3.05, 3.63) is 30.3 Å². The fourth-order valence-electron chi connectivity index (χ4n) is 1.57. The van der Waals surface area contributed by atoms with Crippen LogP contribution in [0.5, 0.6) is 0 Å². The SMILES string of the molecule is CN=C(NCCSc1ccccc1)NC(C)COC.I. The van der Waals surface area contributed by atoms with E-state index < -0.39 is 0 Å². The van der Waals surface area contributed by atoms with E-state index in [9.17, 15) is 0 Å². The third kappa shape index (κ3) is 8.65. The molecular weight excluding hydrogens is 385 g/mol. The molecule has 0 bridgehead atoms. The number of nitrogens with one attached hydrogen (secondary N) is 2. The van der Waals surface area contributed by atoms with Gasteiger partial charge in [-0.05, 0) is 19.1 Å². The van der Waals surface area contributed by atoms with Crippen molar-refractivity contribution in [2.45, 2.75) is 17.9 Å². The fourth-order valence-corrected chi connectivity index (χ4v) is 2.36. The van der Waals surface area contributed by atoms with Crippen molar-refractivity contribution in [2.75, 3.05) is 33.1 Å². The van der Waals surface area contributed by atoms with Gasteiger partial charge in [0.25, 0.3) is 0 Å². The number of hydrogen-bond acceptors (Lipinski definition) is 3. The first-order chi connectivity index (χ1) is 9.26. The molecule has 0 aliphatic carbocycles. The summed E-state index contributed by atoms with van der Waals surface area (Å²) in [5.41, 5.74) is 0. The summed E-state index contributed by atoms with van der Waals surface area (Å²) in [4.78, 5) is 5.48. The van der Waals surface area contributed by atoms with Crippen LogP contribution >= 0.6 is 35.7 Å². The highest BCUT2D eigenvalue weighted by Crippen LogP contribution is 2.15. The number of nitrogens with zero attached hydrogens (tertiary/aromatic N) is 1. The molecule has 0 aromatic heterocycles. The number of aliphatic imine (C=N–C) groups is 1. The largest absolute Gasteiger partial charge is 0.383 e. The average Bonchev–Trinajstić information content (AvgIpc) is 2.43. The standard InChI is InChI=1S/C14H23N3OS.HI/c1-12(11-18-3)17-14(15-2)16-9-10-19-13-7-5-4-6-8-13;/h4-8,12H,9-11H2,1-3H3,(H2,15,16,17);1H. The second-order valence-corrected chi connectivity index (χ2v) is 5.33. The van der Waals surface area contributed by atoms with E-state index in [2.05, 4.69) is 46.8 Å². The van der Waals surface area contributed by atoms with E-state index in [4.69, 9.17) is 4.74 Å². The summed E-state index contributed by atoms with van der Waals surface area (Å²) in [6.07, 6.45) is 0. The molecule has 0 radical (unpaired) electrons. The molecule has 1 rings (SSSR count). The second-order valence-electron chi connectivity index (χ2n) is 4.16. The monoisotopic (exact) mass is 409 g/mol. The normalized spacial score (nSPS) is 12.4. The first kappa shape index (κ1) is 19.5. The van der Waals surface area contributed by atoms with Crippen LogP contribution < -0.4 is 10.6 Å². The van der Waals surface area contributed by atoms with Crippen molar-refractivity contribution >= 4 is 41.7 Å². The Morgan fingerprint density at radius 1 is 1.35 bits per heavy atom. The Hall–Kier alpha value is -0.470. The quantitative estimate of drug-likeness (QED) is 0.239. The number of benzene rings is 1. The zero-order chi connectivity index (χ0) is 13.9. The van der Waals surface area contributed by atoms with Gasteiger partial charge in [0, 0.05) is 37.4 Å². The van der Waals surface area contributed by atoms with Crippen molar-refractivity contribution in [1.82, 2.24) is 10.6 Å². The van der Waals surface area contributed by atoms with Crippen molar-refractivity contribution in [3.63, 3.8) is 0 Å². The van der Waals surface area contributed by atoms with Gasteiger partial charge < -0.3 is 15.4 Å². The summed E-state index contributed by atoms with van der Waals surface area (Å²) in [5.74, 6) is 1.82. The minimum atomic E-state index is 0. The smallest absolute Gasteiger partial charge is 0.191 e. The summed E-state index contributed by atoms with van der Waals surface area (Å²) < 4.78 is 5.08. The molecule has 0 saturated heterocycles. The van der Waals surface area contributed by atoms with E-state index in [-0.39, 0.29) is 30.0 Å². The topological polar surface area (TPSA) is 45.7 Å². The summed E-state index contributed by atoms with van der Waals surface area (Å²) in [5, 5.41) is 6.56. The third-order valence-electron chi connectivity index (χ3n) is 2.43. The lowest BCUT2D eigenvalue weighted by Gasteiger charge is -2.17. The number of methoxy groups -OCH3 is 1. The molecule has 1 atom stereocenters. The molecule has 114 valence electrons. The van der Waals surface area contributed by atoms with Gasteiger partial charge in [0.05, 0.1) is 6.61 Å². The van der Waals surface area contributed by atoms with Crippen molar-refractivity contribution in [2.24, 2.45) is 4.99 Å². The molecule has 0 heterocycles. The second kappa shape index (κ2) is 12.3. The molecule has 0 saturated carbocycles. The predicted molar refractivity (Wildman–Crippen MR) is 98.4 cm³/mol. The molecule has 0 amide bonds. The van der Waals surface area contributed by atoms with E-state index in [1.807, 2.05) is 17.8 Å². The van der Waals surface area contributed by atoms with Gasteiger partial charge in [0.2, 0.25) is 0 Å². The molecule has 0 aliphatic heterocycles. The van der Waals surface area contributed by atoms with E-state index in [1.54, 1.807) is 14.2 Å². The van der Waals surface area contributed by atoms with Crippen LogP contribution in [0.25, 0.3) is 0 Å². The van der Waals surface area contributed by atoms with Crippen LogP contribution in [0.3, 0.4) is 0 Å². The molecule has 2 N–H and O–H groups in total. The zero-order valence-electron chi connectivity index (χ0n) is 12.3. The van der Waals surface area contributed by atoms with Gasteiger partial charge in [-0.3, -0.25) is 4.99 Å². The van der Waals surface area contributed by atoms with Gasteiger partial charge in [-0.25, -0.2) is 0 Å². The van der Waals surface area contributed by atoms with E-state index in [0.29, 0.717) is 6.61 Å². The lowest BCUT2D eigenvalue weighted by molar-refractivity contribution is 0.179. The highest BCUT2D eigenvalue weighted by Gasteiger charge is 2.03. The van der Waals surface area contributed by atoms with Gasteiger partial charge in [-0.2, -0.15) is 0 Å². The Bertz CT molecular complexity index is 376. The Morgan fingerprint density at radius 3 is 2.65 bits per heavy atom. The Labute approximate surface area is 143 Å². The number of thioether (sulfide) groups is 1. The maximum absolute atomic E-state index is 5.08. The third-order valence-corrected chi connectivity index (χ3v) is 3.44. The minimum Gasteiger partial charge on any atom is -0.383 e. The molecule has 20 heavy (non-hydrogen) atoms. The average molecular weight is 409 g/mol. The summed E-state index contributed by atoms with van der Waals surface area (Å²) in [6.45, 7) is 3.60. The number of halogens is 1. The van der Waals surface area contributed by atoms with Crippen molar-refractivity contribution in [1.29, 1.82) is 0 Å². The Kier molecular flexibility index (Phi) is 12.0. The van der Waals surface area contributed by atoms with E-state index >= 15 is 0 Å². The maximum atomic E-state index is 5.08. The molecule has 0 aliphatic rings. The Balaban J connectivity index is 0.00000361. The molecule has 4 nitrogen and oxygen atoms in total. The number of hydrogen-bond donors (Lipinski definition) is 2. The molecule has 0 fully saturated rings. The van der Waals surface area contributed by atoms with Crippen LogP contribution in [0, 0.1) is 0 Å². The van der Waals surface area contributed by atoms with E-state index in [1.165, 1.54) is 4.90 Å². The van der Waals surface area contributed by atoms with Gasteiger partial charge in [-0.1, -0.05) is 18.2 Å². The molecule has 6 heteroatoms. The molecule has 0 spiro atoms. The van der Waals surface area contributed by atoms with E-state index in [0.717, 1.165) is 18.3 Å². The van der Waals surface area contributed by atoms with Crippen molar-refractivity contribution in [3.8, 4) is 0 Å². The van der Waals surface area contributed by atoms with Crippen molar-refractivity contribution < 1.29 is 4.74 Å². The van der Waals surface area contributed by atoms with Gasteiger partial charge >= 0.3 is 0 Å². The van der Waals surface area contributed by atoms with Crippen LogP contribution in [0.15, 0.2) is 40.2 Å². The van der Waals surface area contributed by atoms with Gasteiger partial charge in [0.1, 0.15) is 0 Å². The first-order valence-corrected chi connectivity index (χ1v) is 7.38. The van der Waals surface area contributed by atoms with Crippen LogP contribution in [-0.2, 0) is 4.74 Å². The van der Waals surface area contributed by atoms with Crippen LogP contribution in [0.4, 0.5) is 0 Å². The Morgan fingerprint density at radius 2 is 2.05 bits per heavy atom. The van der Waals surface area contributed by atoms with Gasteiger partial charge in [0.15, 0.2) is 5.96 Å². The summed E-state index contributed by atoms with van der Waals surface area (Å²) in [7, 11) is 3.48. The predicted octanol–water partition coefficient (Wildman–Crippen LogP) is 2.60. The maximum Gasteiger partial charge on any atom is 0.191 e. The number of rotatable bonds is 7. The highest BCUT2D eigenvalue weighted by molar-refractivity contribution is 14.0. The summed E-state index contributed by atoms with van der Waals surface area (Å²) >= 11 is 1.83. The highest BCUT2D eigenvalue weighted by atomic mass is 127. The number of ether oxygens (including phenoxy) is 1. The van der Waals surface area contributed by atoms with Crippen LogP contribution in [0.2, 0.25) is 0 Å².